The average Bonchev–Trinajstić information content (AvgIpc) is 2.35. The monoisotopic (exact) mass is 271 g/mol. The Labute approximate surface area is 110 Å². The van der Waals surface area contributed by atoms with Crippen molar-refractivity contribution in [3.05, 3.63) is 34.3 Å². The Hall–Kier alpha value is -1.62. The molecular weight excluding hydrogens is 257 g/mol. The van der Waals surface area contributed by atoms with E-state index in [0.717, 1.165) is 12.0 Å². The molecule has 1 atom stereocenters. The second-order valence-corrected chi connectivity index (χ2v) is 4.16. The number of hydrogen-bond acceptors (Lipinski definition) is 2. The molecule has 1 amide bonds. The van der Waals surface area contributed by atoms with Crippen LogP contribution in [0.15, 0.2) is 23.3 Å². The summed E-state index contributed by atoms with van der Waals surface area (Å²) in [5.74, 6) is -0.761. The van der Waals surface area contributed by atoms with Crippen molar-refractivity contribution in [1.29, 1.82) is 0 Å². The van der Waals surface area contributed by atoms with Gasteiger partial charge in [0.15, 0.2) is 12.0 Å². The highest BCUT2D eigenvalue weighted by Crippen LogP contribution is 2.18. The minimum absolute atomic E-state index is 0.278. The molecule has 18 heavy (non-hydrogen) atoms. The van der Waals surface area contributed by atoms with Gasteiger partial charge in [-0.05, 0) is 31.0 Å². The molecule has 0 aliphatic carbocycles. The molecule has 0 fully saturated rings. The highest BCUT2D eigenvalue weighted by Gasteiger charge is 2.09. The Kier molecular flexibility index (Phi) is 5.09. The van der Waals surface area contributed by atoms with Gasteiger partial charge in [0.25, 0.3) is 5.91 Å². The number of nitrogens with zero attached hydrogens (tertiary/aromatic N) is 1. The van der Waals surface area contributed by atoms with Crippen LogP contribution in [0, 0.1) is 0 Å². The number of carbonyl (C=O) groups excluding carboxylic acids is 1. The van der Waals surface area contributed by atoms with Crippen molar-refractivity contribution in [1.82, 2.24) is 5.43 Å². The predicted octanol–water partition coefficient (Wildman–Crippen LogP) is 2.26. The van der Waals surface area contributed by atoms with E-state index in [1.165, 1.54) is 6.92 Å². The van der Waals surface area contributed by atoms with Crippen LogP contribution in [0.2, 0.25) is 5.02 Å². The zero-order valence-electron chi connectivity index (χ0n) is 10.2. The first-order chi connectivity index (χ1) is 8.45. The molecule has 0 saturated heterocycles. The van der Waals surface area contributed by atoms with E-state index in [1.807, 2.05) is 6.92 Å². The third-order valence-corrected chi connectivity index (χ3v) is 2.74. The lowest BCUT2D eigenvalue weighted by atomic mass is 10.1. The maximum Gasteiger partial charge on any atom is 0.271 e. The summed E-state index contributed by atoms with van der Waals surface area (Å²) in [6.45, 7) is 3.20. The Morgan fingerprint density at radius 3 is 2.78 bits per heavy atom. The van der Waals surface area contributed by atoms with Crippen molar-refractivity contribution in [3.63, 3.8) is 0 Å². The van der Waals surface area contributed by atoms with Crippen LogP contribution in [0.4, 0.5) is 4.39 Å². The maximum absolute atomic E-state index is 12.7. The van der Waals surface area contributed by atoms with Crippen LogP contribution in [0.5, 0.6) is 0 Å². The van der Waals surface area contributed by atoms with E-state index in [9.17, 15) is 9.18 Å². The third-order valence-electron chi connectivity index (χ3n) is 2.39. The predicted molar refractivity (Wildman–Crippen MR) is 70.5 cm³/mol. The number of benzene rings is 1. The highest BCUT2D eigenvalue weighted by molar-refractivity contribution is 6.31. The smallest absolute Gasteiger partial charge is 0.271 e. The second-order valence-electron chi connectivity index (χ2n) is 3.75. The number of rotatable bonds is 4. The Morgan fingerprint density at radius 1 is 1.61 bits per heavy atom. The molecule has 0 aromatic heterocycles. The van der Waals surface area contributed by atoms with Crippen molar-refractivity contribution in [2.75, 3.05) is 0 Å². The molecule has 0 bridgehead atoms. The van der Waals surface area contributed by atoms with Crippen LogP contribution in [0.3, 0.4) is 0 Å². The summed E-state index contributed by atoms with van der Waals surface area (Å²) in [5, 5.41) is 3.96. The molecule has 1 unspecified atom stereocenters. The van der Waals surface area contributed by atoms with Crippen molar-refractivity contribution < 1.29 is 9.18 Å². The molecule has 1 aromatic carbocycles. The second kappa shape index (κ2) is 6.35. The first-order valence-corrected chi connectivity index (χ1v) is 5.89. The van der Waals surface area contributed by atoms with Crippen molar-refractivity contribution in [3.8, 4) is 0 Å². The fourth-order valence-electron chi connectivity index (χ4n) is 1.24. The van der Waals surface area contributed by atoms with Gasteiger partial charge in [-0.1, -0.05) is 24.6 Å². The van der Waals surface area contributed by atoms with E-state index in [2.05, 4.69) is 10.5 Å². The van der Waals surface area contributed by atoms with Gasteiger partial charge in [0, 0.05) is 10.6 Å². The number of alkyl halides is 1. The Balaban J connectivity index is 2.79. The molecule has 0 aliphatic rings. The lowest BCUT2D eigenvalue weighted by Crippen LogP contribution is -2.28. The topological polar surface area (TPSA) is 67.5 Å². The van der Waals surface area contributed by atoms with E-state index in [1.54, 1.807) is 18.2 Å². The number of nitrogens with one attached hydrogen (secondary N) is 1. The minimum atomic E-state index is -1.41. The zero-order valence-corrected chi connectivity index (χ0v) is 11.0. The van der Waals surface area contributed by atoms with Gasteiger partial charge in [-0.3, -0.25) is 4.79 Å². The maximum atomic E-state index is 12.7. The van der Waals surface area contributed by atoms with Crippen molar-refractivity contribution >= 4 is 23.3 Å². The highest BCUT2D eigenvalue weighted by atomic mass is 35.5. The summed E-state index contributed by atoms with van der Waals surface area (Å²) >= 11 is 5.99. The number of carbonyl (C=O) groups is 1. The number of hydrazone groups is 1. The third kappa shape index (κ3) is 3.70. The molecular formula is C12H15ClFN3O. The van der Waals surface area contributed by atoms with E-state index >= 15 is 0 Å². The lowest BCUT2D eigenvalue weighted by molar-refractivity contribution is 0.0954. The quantitative estimate of drug-likeness (QED) is 0.501. The Bertz CT molecular complexity index is 474. The molecule has 0 spiro atoms. The van der Waals surface area contributed by atoms with Gasteiger partial charge < -0.3 is 5.73 Å². The van der Waals surface area contributed by atoms with Gasteiger partial charge in [-0.25, -0.2) is 9.82 Å². The minimum Gasteiger partial charge on any atom is -0.383 e. The molecule has 3 N–H and O–H groups in total. The summed E-state index contributed by atoms with van der Waals surface area (Å²) in [6, 6.07) is 4.94. The fraction of sp³-hybridized carbons (Fsp3) is 0.333. The SMILES string of the molecule is CCc1ccc(C(=O)N/N=C(\N)C(C)F)cc1Cl. The number of hydrogen-bond donors (Lipinski definition) is 2. The summed E-state index contributed by atoms with van der Waals surface area (Å²) in [5.41, 5.74) is 8.72. The van der Waals surface area contributed by atoms with Crippen LogP contribution in [-0.4, -0.2) is 17.9 Å². The number of amidine groups is 1. The summed E-state index contributed by atoms with van der Waals surface area (Å²) < 4.78 is 12.7. The van der Waals surface area contributed by atoms with Crippen LogP contribution in [-0.2, 0) is 6.42 Å². The number of aryl methyl sites for hydroxylation is 1. The zero-order chi connectivity index (χ0) is 13.7. The number of halogens is 2. The molecule has 0 radical (unpaired) electrons. The molecule has 4 nitrogen and oxygen atoms in total. The van der Waals surface area contributed by atoms with Crippen LogP contribution >= 0.6 is 11.6 Å². The normalized spacial score (nSPS) is 13.2. The molecule has 0 aliphatic heterocycles. The molecule has 6 heteroatoms. The molecule has 0 heterocycles. The van der Waals surface area contributed by atoms with E-state index < -0.39 is 12.1 Å². The number of nitrogens with two attached hydrogens (primary N) is 1. The van der Waals surface area contributed by atoms with Crippen LogP contribution in [0.25, 0.3) is 0 Å². The fourth-order valence-corrected chi connectivity index (χ4v) is 1.56. The standard InChI is InChI=1S/C12H15ClFN3O/c1-3-8-4-5-9(6-10(8)13)12(18)17-16-11(15)7(2)14/h4-7H,3H2,1-2H3,(H2,15,16)(H,17,18). The van der Waals surface area contributed by atoms with Gasteiger partial charge in [0.05, 0.1) is 0 Å². The first-order valence-electron chi connectivity index (χ1n) is 5.51. The molecule has 1 rings (SSSR count). The summed E-state index contributed by atoms with van der Waals surface area (Å²) in [4.78, 5) is 11.7. The van der Waals surface area contributed by atoms with Gasteiger partial charge >= 0.3 is 0 Å². The van der Waals surface area contributed by atoms with Crippen molar-refractivity contribution in [2.45, 2.75) is 26.4 Å². The molecule has 1 aromatic rings. The summed E-state index contributed by atoms with van der Waals surface area (Å²) in [6.07, 6.45) is -0.623. The van der Waals surface area contributed by atoms with Gasteiger partial charge in [-0.2, -0.15) is 5.10 Å². The van der Waals surface area contributed by atoms with E-state index in [0.29, 0.717) is 10.6 Å². The van der Waals surface area contributed by atoms with Crippen LogP contribution < -0.4 is 11.2 Å². The average molecular weight is 272 g/mol. The lowest BCUT2D eigenvalue weighted by Gasteiger charge is -2.05. The first kappa shape index (κ1) is 14.4. The van der Waals surface area contributed by atoms with E-state index in [-0.39, 0.29) is 5.84 Å². The van der Waals surface area contributed by atoms with Crippen LogP contribution in [0.1, 0.15) is 29.8 Å². The molecule has 0 saturated carbocycles. The Morgan fingerprint density at radius 2 is 2.28 bits per heavy atom. The number of amides is 1. The van der Waals surface area contributed by atoms with Gasteiger partial charge in [0.1, 0.15) is 0 Å². The summed E-state index contributed by atoms with van der Waals surface area (Å²) in [7, 11) is 0. The largest absolute Gasteiger partial charge is 0.383 e. The van der Waals surface area contributed by atoms with Gasteiger partial charge in [-0.15, -0.1) is 0 Å². The van der Waals surface area contributed by atoms with E-state index in [4.69, 9.17) is 17.3 Å². The van der Waals surface area contributed by atoms with Gasteiger partial charge in [0.2, 0.25) is 0 Å². The molecule has 98 valence electrons. The van der Waals surface area contributed by atoms with Crippen molar-refractivity contribution in [2.24, 2.45) is 10.8 Å².